The van der Waals surface area contributed by atoms with E-state index in [1.54, 1.807) is 19.1 Å². The number of fused-ring (bicyclic) bond motifs is 1. The lowest BCUT2D eigenvalue weighted by Crippen LogP contribution is -2.14. The molecular formula is C20H15ClFNO4S. The van der Waals surface area contributed by atoms with E-state index in [2.05, 4.69) is 5.32 Å². The van der Waals surface area contributed by atoms with Gasteiger partial charge in [0, 0.05) is 27.8 Å². The zero-order valence-corrected chi connectivity index (χ0v) is 16.3. The van der Waals surface area contributed by atoms with Crippen LogP contribution in [0.4, 0.5) is 10.1 Å². The van der Waals surface area contributed by atoms with Crippen molar-refractivity contribution >= 4 is 56.4 Å². The first kappa shape index (κ1) is 20.0. The smallest absolute Gasteiger partial charge is 0.350 e. The lowest BCUT2D eigenvalue weighted by Gasteiger charge is -2.06. The molecular weight excluding hydrogens is 405 g/mol. The van der Waals surface area contributed by atoms with Gasteiger partial charge in [0.25, 0.3) is 0 Å². The molecule has 0 aliphatic rings. The Bertz CT molecular complexity index is 1060. The molecule has 3 rings (SSSR count). The summed E-state index contributed by atoms with van der Waals surface area (Å²) in [7, 11) is 0. The maximum absolute atomic E-state index is 13.3. The van der Waals surface area contributed by atoms with E-state index < -0.39 is 24.2 Å². The van der Waals surface area contributed by atoms with Crippen LogP contribution >= 0.6 is 22.9 Å². The average molecular weight is 420 g/mol. The summed E-state index contributed by atoms with van der Waals surface area (Å²) >= 11 is 7.18. The standard InChI is InChI=1S/C20H15ClFNO4S/c1-2-17(25)23-13-6-3-11(4-7-13)15(24)10-27-20(26)19-18(21)14-8-5-12(22)9-16(14)28-19/h3-9H,2,10H2,1H3,(H,23,25). The maximum atomic E-state index is 13.3. The van der Waals surface area contributed by atoms with Gasteiger partial charge in [-0.2, -0.15) is 0 Å². The first-order valence-corrected chi connectivity index (χ1v) is 9.56. The van der Waals surface area contributed by atoms with E-state index in [0.717, 1.165) is 11.3 Å². The molecule has 1 heterocycles. The molecule has 0 spiro atoms. The summed E-state index contributed by atoms with van der Waals surface area (Å²) in [6, 6.07) is 10.3. The number of benzene rings is 2. The number of amides is 1. The van der Waals surface area contributed by atoms with Crippen molar-refractivity contribution in [1.29, 1.82) is 0 Å². The van der Waals surface area contributed by atoms with E-state index in [0.29, 0.717) is 27.8 Å². The fraction of sp³-hybridized carbons (Fsp3) is 0.150. The van der Waals surface area contributed by atoms with Crippen molar-refractivity contribution in [2.75, 3.05) is 11.9 Å². The third kappa shape index (κ3) is 4.37. The largest absolute Gasteiger partial charge is 0.453 e. The number of halogens is 2. The normalized spacial score (nSPS) is 10.7. The van der Waals surface area contributed by atoms with Crippen LogP contribution in [0.3, 0.4) is 0 Å². The highest BCUT2D eigenvalue weighted by Crippen LogP contribution is 2.36. The van der Waals surface area contributed by atoms with E-state index in [4.69, 9.17) is 16.3 Å². The van der Waals surface area contributed by atoms with Gasteiger partial charge in [-0.25, -0.2) is 9.18 Å². The molecule has 2 aromatic carbocycles. The number of Topliss-reactive ketones (excluding diaryl/α,β-unsaturated/α-hetero) is 1. The highest BCUT2D eigenvalue weighted by molar-refractivity contribution is 7.21. The van der Waals surface area contributed by atoms with Crippen molar-refractivity contribution in [1.82, 2.24) is 0 Å². The summed E-state index contributed by atoms with van der Waals surface area (Å²) in [5.41, 5.74) is 0.913. The second-order valence-electron chi connectivity index (χ2n) is 5.86. The number of thiophene rings is 1. The molecule has 0 aliphatic heterocycles. The minimum Gasteiger partial charge on any atom is -0.453 e. The number of carbonyl (C=O) groups is 3. The first-order chi connectivity index (χ1) is 13.4. The number of anilines is 1. The van der Waals surface area contributed by atoms with Crippen LogP contribution in [0.25, 0.3) is 10.1 Å². The number of esters is 1. The van der Waals surface area contributed by atoms with Gasteiger partial charge >= 0.3 is 5.97 Å². The van der Waals surface area contributed by atoms with Crippen LogP contribution in [0.15, 0.2) is 42.5 Å². The van der Waals surface area contributed by atoms with Gasteiger partial charge in [0.05, 0.1) is 5.02 Å². The van der Waals surface area contributed by atoms with Gasteiger partial charge in [-0.15, -0.1) is 11.3 Å². The van der Waals surface area contributed by atoms with Crippen LogP contribution in [0.1, 0.15) is 33.4 Å². The van der Waals surface area contributed by atoms with Gasteiger partial charge in [0.1, 0.15) is 10.7 Å². The Morgan fingerprint density at radius 2 is 1.86 bits per heavy atom. The Morgan fingerprint density at radius 1 is 1.14 bits per heavy atom. The zero-order valence-electron chi connectivity index (χ0n) is 14.8. The summed E-state index contributed by atoms with van der Waals surface area (Å²) < 4.78 is 18.9. The molecule has 0 radical (unpaired) electrons. The Labute approximate surface area is 169 Å². The summed E-state index contributed by atoms with van der Waals surface area (Å²) in [4.78, 5) is 36.0. The predicted octanol–water partition coefficient (Wildman–Crippen LogP) is 5.08. The Hall–Kier alpha value is -2.77. The molecule has 0 unspecified atom stereocenters. The molecule has 28 heavy (non-hydrogen) atoms. The molecule has 1 amide bonds. The molecule has 0 bridgehead atoms. The number of ketones is 1. The van der Waals surface area contributed by atoms with E-state index in [1.807, 2.05) is 0 Å². The van der Waals surface area contributed by atoms with Gasteiger partial charge in [-0.3, -0.25) is 9.59 Å². The second-order valence-corrected chi connectivity index (χ2v) is 7.29. The van der Waals surface area contributed by atoms with Gasteiger partial charge in [0.15, 0.2) is 12.4 Å². The molecule has 0 atom stereocenters. The van der Waals surface area contributed by atoms with Crippen LogP contribution in [0.5, 0.6) is 0 Å². The number of rotatable bonds is 6. The van der Waals surface area contributed by atoms with Gasteiger partial charge < -0.3 is 10.1 Å². The summed E-state index contributed by atoms with van der Waals surface area (Å²) in [5.74, 6) is -1.70. The fourth-order valence-corrected chi connectivity index (χ4v) is 3.87. The number of hydrogen-bond donors (Lipinski definition) is 1. The first-order valence-electron chi connectivity index (χ1n) is 8.36. The summed E-state index contributed by atoms with van der Waals surface area (Å²) in [6.45, 7) is 1.28. The summed E-state index contributed by atoms with van der Waals surface area (Å²) in [6.07, 6.45) is 0.351. The van der Waals surface area contributed by atoms with E-state index in [9.17, 15) is 18.8 Å². The number of nitrogens with one attached hydrogen (secondary N) is 1. The van der Waals surface area contributed by atoms with Gasteiger partial charge in [0.2, 0.25) is 5.91 Å². The molecule has 0 saturated carbocycles. The van der Waals surface area contributed by atoms with Crippen molar-refractivity contribution in [3.8, 4) is 0 Å². The highest BCUT2D eigenvalue weighted by Gasteiger charge is 2.20. The molecule has 0 saturated heterocycles. The number of hydrogen-bond acceptors (Lipinski definition) is 5. The highest BCUT2D eigenvalue weighted by atomic mass is 35.5. The van der Waals surface area contributed by atoms with Crippen molar-refractivity contribution in [3.05, 3.63) is 63.7 Å². The van der Waals surface area contributed by atoms with Crippen LogP contribution in [0.2, 0.25) is 5.02 Å². The third-order valence-electron chi connectivity index (χ3n) is 3.92. The van der Waals surface area contributed by atoms with Crippen LogP contribution in [-0.4, -0.2) is 24.3 Å². The molecule has 144 valence electrons. The van der Waals surface area contributed by atoms with Crippen LogP contribution in [0, 0.1) is 5.82 Å². The molecule has 1 aromatic heterocycles. The van der Waals surface area contributed by atoms with Gasteiger partial charge in [-0.1, -0.05) is 18.5 Å². The minimum atomic E-state index is -0.744. The molecule has 1 N–H and O–H groups in total. The zero-order chi connectivity index (χ0) is 20.3. The SMILES string of the molecule is CCC(=O)Nc1ccc(C(=O)COC(=O)c2sc3cc(F)ccc3c2Cl)cc1. The minimum absolute atomic E-state index is 0.118. The fourth-order valence-electron chi connectivity index (χ4n) is 2.44. The molecule has 5 nitrogen and oxygen atoms in total. The van der Waals surface area contributed by atoms with Crippen molar-refractivity contribution in [2.45, 2.75) is 13.3 Å². The Morgan fingerprint density at radius 3 is 2.54 bits per heavy atom. The number of ether oxygens (including phenoxy) is 1. The number of carbonyl (C=O) groups excluding carboxylic acids is 3. The van der Waals surface area contributed by atoms with E-state index in [-0.39, 0.29) is 15.8 Å². The quantitative estimate of drug-likeness (QED) is 0.446. The second kappa shape index (κ2) is 8.50. The monoisotopic (exact) mass is 419 g/mol. The van der Waals surface area contributed by atoms with Crippen molar-refractivity contribution < 1.29 is 23.5 Å². The summed E-state index contributed by atoms with van der Waals surface area (Å²) in [5, 5.41) is 3.40. The topological polar surface area (TPSA) is 72.5 Å². The van der Waals surface area contributed by atoms with Crippen LogP contribution < -0.4 is 5.32 Å². The average Bonchev–Trinajstić information content (AvgIpc) is 3.02. The molecule has 3 aromatic rings. The lowest BCUT2D eigenvalue weighted by molar-refractivity contribution is -0.115. The third-order valence-corrected chi connectivity index (χ3v) is 5.56. The molecule has 0 fully saturated rings. The maximum Gasteiger partial charge on any atom is 0.350 e. The molecule has 0 aliphatic carbocycles. The Kier molecular flexibility index (Phi) is 6.06. The Balaban J connectivity index is 1.65. The van der Waals surface area contributed by atoms with Crippen molar-refractivity contribution in [3.63, 3.8) is 0 Å². The lowest BCUT2D eigenvalue weighted by atomic mass is 10.1. The van der Waals surface area contributed by atoms with Crippen LogP contribution in [-0.2, 0) is 9.53 Å². The predicted molar refractivity (Wildman–Crippen MR) is 107 cm³/mol. The van der Waals surface area contributed by atoms with E-state index in [1.165, 1.54) is 30.3 Å². The van der Waals surface area contributed by atoms with Gasteiger partial charge in [-0.05, 0) is 42.5 Å². The molecule has 8 heteroatoms. The van der Waals surface area contributed by atoms with E-state index >= 15 is 0 Å². The van der Waals surface area contributed by atoms with Crippen molar-refractivity contribution in [2.24, 2.45) is 0 Å².